The molecule has 0 aliphatic heterocycles. The molecule has 2 aliphatic carbocycles. The van der Waals surface area contributed by atoms with Crippen molar-refractivity contribution in [3.8, 4) is 0 Å². The van der Waals surface area contributed by atoms with Gasteiger partial charge in [-0.05, 0) is 54.8 Å². The summed E-state index contributed by atoms with van der Waals surface area (Å²) in [6, 6.07) is 0. The zero-order valence-electron chi connectivity index (χ0n) is 11.8. The average molecular weight is 222 g/mol. The molecule has 16 heavy (non-hydrogen) atoms. The van der Waals surface area contributed by atoms with Gasteiger partial charge in [-0.2, -0.15) is 0 Å². The van der Waals surface area contributed by atoms with E-state index in [0.29, 0.717) is 0 Å². The van der Waals surface area contributed by atoms with Crippen molar-refractivity contribution < 1.29 is 0 Å². The molecular weight excluding hydrogens is 192 g/mol. The number of rotatable bonds is 4. The fourth-order valence-corrected chi connectivity index (χ4v) is 4.30. The third-order valence-electron chi connectivity index (χ3n) is 5.57. The molecule has 2 aliphatic rings. The Balaban J connectivity index is 1.93. The summed E-state index contributed by atoms with van der Waals surface area (Å²) in [4.78, 5) is 0. The highest BCUT2D eigenvalue weighted by Crippen LogP contribution is 2.65. The minimum atomic E-state index is 0.804. The standard InChI is InChI=1S/C16H30/c1-5-6-12(2)9-16-10-14(4)13(3)7-8-15(16)11-16/h12-15H,5-11H2,1-4H3. The van der Waals surface area contributed by atoms with E-state index in [1.54, 1.807) is 6.42 Å². The van der Waals surface area contributed by atoms with E-state index in [-0.39, 0.29) is 0 Å². The second-order valence-electron chi connectivity index (χ2n) is 7.10. The molecule has 0 saturated heterocycles. The van der Waals surface area contributed by atoms with Crippen molar-refractivity contribution in [1.82, 2.24) is 0 Å². The van der Waals surface area contributed by atoms with Gasteiger partial charge in [0.25, 0.3) is 0 Å². The maximum Gasteiger partial charge on any atom is -0.0261 e. The Kier molecular flexibility index (Phi) is 3.66. The summed E-state index contributed by atoms with van der Waals surface area (Å²) < 4.78 is 0. The summed E-state index contributed by atoms with van der Waals surface area (Å²) in [7, 11) is 0. The summed E-state index contributed by atoms with van der Waals surface area (Å²) >= 11 is 0. The van der Waals surface area contributed by atoms with Gasteiger partial charge < -0.3 is 0 Å². The Morgan fingerprint density at radius 3 is 2.56 bits per heavy atom. The molecule has 0 amide bonds. The first-order valence-corrected chi connectivity index (χ1v) is 7.57. The van der Waals surface area contributed by atoms with Crippen LogP contribution in [0.2, 0.25) is 0 Å². The fourth-order valence-electron chi connectivity index (χ4n) is 4.30. The molecule has 5 atom stereocenters. The quantitative estimate of drug-likeness (QED) is 0.607. The van der Waals surface area contributed by atoms with Crippen LogP contribution in [0.3, 0.4) is 0 Å². The molecule has 0 radical (unpaired) electrons. The van der Waals surface area contributed by atoms with E-state index in [0.717, 1.165) is 29.1 Å². The molecular formula is C16H30. The molecule has 0 aromatic heterocycles. The lowest BCUT2D eigenvalue weighted by atomic mass is 9.80. The van der Waals surface area contributed by atoms with Crippen LogP contribution in [0.5, 0.6) is 0 Å². The highest BCUT2D eigenvalue weighted by atomic mass is 14.6. The first-order chi connectivity index (χ1) is 7.57. The Labute approximate surface area is 102 Å². The molecule has 0 heterocycles. The van der Waals surface area contributed by atoms with Crippen LogP contribution in [0.25, 0.3) is 0 Å². The van der Waals surface area contributed by atoms with Gasteiger partial charge in [0.05, 0.1) is 0 Å². The van der Waals surface area contributed by atoms with Crippen LogP contribution < -0.4 is 0 Å². The van der Waals surface area contributed by atoms with Gasteiger partial charge in [-0.1, -0.05) is 47.0 Å². The molecule has 2 rings (SSSR count). The van der Waals surface area contributed by atoms with E-state index >= 15 is 0 Å². The van der Waals surface area contributed by atoms with Crippen LogP contribution in [0, 0.1) is 29.1 Å². The van der Waals surface area contributed by atoms with Gasteiger partial charge >= 0.3 is 0 Å². The Bertz CT molecular complexity index is 232. The number of hydrogen-bond acceptors (Lipinski definition) is 0. The largest absolute Gasteiger partial charge is 0.0654 e. The topological polar surface area (TPSA) is 0 Å². The first-order valence-electron chi connectivity index (χ1n) is 7.57. The molecule has 0 bridgehead atoms. The molecule has 5 unspecified atom stereocenters. The van der Waals surface area contributed by atoms with Crippen molar-refractivity contribution in [1.29, 1.82) is 0 Å². The summed E-state index contributed by atoms with van der Waals surface area (Å²) in [5, 5.41) is 0. The average Bonchev–Trinajstić information content (AvgIpc) is 2.87. The van der Waals surface area contributed by atoms with Crippen molar-refractivity contribution in [3.05, 3.63) is 0 Å². The van der Waals surface area contributed by atoms with E-state index in [9.17, 15) is 0 Å². The predicted octanol–water partition coefficient (Wildman–Crippen LogP) is 5.28. The van der Waals surface area contributed by atoms with E-state index in [1.165, 1.54) is 38.5 Å². The van der Waals surface area contributed by atoms with Gasteiger partial charge in [0, 0.05) is 0 Å². The molecule has 0 N–H and O–H groups in total. The summed E-state index contributed by atoms with van der Waals surface area (Å²) in [6.07, 6.45) is 10.5. The van der Waals surface area contributed by atoms with E-state index in [4.69, 9.17) is 0 Å². The molecule has 0 spiro atoms. The second-order valence-corrected chi connectivity index (χ2v) is 7.10. The Morgan fingerprint density at radius 2 is 1.88 bits per heavy atom. The zero-order valence-corrected chi connectivity index (χ0v) is 11.8. The molecule has 94 valence electrons. The van der Waals surface area contributed by atoms with Crippen LogP contribution >= 0.6 is 0 Å². The Hall–Kier alpha value is 0. The van der Waals surface area contributed by atoms with E-state index < -0.39 is 0 Å². The third-order valence-corrected chi connectivity index (χ3v) is 5.57. The van der Waals surface area contributed by atoms with Gasteiger partial charge in [-0.15, -0.1) is 0 Å². The van der Waals surface area contributed by atoms with Crippen molar-refractivity contribution in [2.45, 2.75) is 72.6 Å². The fraction of sp³-hybridized carbons (Fsp3) is 1.00. The van der Waals surface area contributed by atoms with Crippen molar-refractivity contribution in [2.24, 2.45) is 29.1 Å². The van der Waals surface area contributed by atoms with Gasteiger partial charge in [-0.3, -0.25) is 0 Å². The number of hydrogen-bond donors (Lipinski definition) is 0. The molecule has 0 aromatic rings. The monoisotopic (exact) mass is 222 g/mol. The van der Waals surface area contributed by atoms with Crippen LogP contribution in [0.4, 0.5) is 0 Å². The van der Waals surface area contributed by atoms with Crippen molar-refractivity contribution in [2.75, 3.05) is 0 Å². The third kappa shape index (κ3) is 2.46. The molecule has 0 heteroatoms. The molecule has 0 aromatic carbocycles. The zero-order chi connectivity index (χ0) is 11.8. The summed E-state index contributed by atoms with van der Waals surface area (Å²) in [5.41, 5.74) is 0.804. The van der Waals surface area contributed by atoms with Gasteiger partial charge in [0.1, 0.15) is 0 Å². The van der Waals surface area contributed by atoms with Crippen LogP contribution in [-0.4, -0.2) is 0 Å². The highest BCUT2D eigenvalue weighted by Gasteiger charge is 2.55. The van der Waals surface area contributed by atoms with Gasteiger partial charge in [0.2, 0.25) is 0 Å². The predicted molar refractivity (Wildman–Crippen MR) is 71.4 cm³/mol. The molecule has 2 fully saturated rings. The minimum Gasteiger partial charge on any atom is -0.0654 e. The van der Waals surface area contributed by atoms with E-state index in [1.807, 2.05) is 0 Å². The first kappa shape index (κ1) is 12.5. The van der Waals surface area contributed by atoms with Crippen molar-refractivity contribution >= 4 is 0 Å². The lowest BCUT2D eigenvalue weighted by Crippen LogP contribution is -2.15. The molecule has 0 nitrogen and oxygen atoms in total. The summed E-state index contributed by atoms with van der Waals surface area (Å²) in [5.74, 6) is 4.03. The minimum absolute atomic E-state index is 0.804. The number of fused-ring (bicyclic) bond motifs is 1. The maximum absolute atomic E-state index is 2.50. The van der Waals surface area contributed by atoms with Crippen LogP contribution in [0.15, 0.2) is 0 Å². The lowest BCUT2D eigenvalue weighted by molar-refractivity contribution is 0.255. The normalized spacial score (nSPS) is 44.6. The van der Waals surface area contributed by atoms with Crippen LogP contribution in [0.1, 0.15) is 72.6 Å². The van der Waals surface area contributed by atoms with Crippen LogP contribution in [-0.2, 0) is 0 Å². The van der Waals surface area contributed by atoms with Gasteiger partial charge in [-0.25, -0.2) is 0 Å². The molecule has 2 saturated carbocycles. The highest BCUT2D eigenvalue weighted by molar-refractivity contribution is 5.05. The Morgan fingerprint density at radius 1 is 1.12 bits per heavy atom. The SMILES string of the molecule is CCCC(C)CC12CC(C)C(C)CCC1C2. The van der Waals surface area contributed by atoms with Crippen molar-refractivity contribution in [3.63, 3.8) is 0 Å². The second kappa shape index (κ2) is 4.70. The van der Waals surface area contributed by atoms with E-state index in [2.05, 4.69) is 27.7 Å². The maximum atomic E-state index is 2.50. The van der Waals surface area contributed by atoms with Gasteiger partial charge in [0.15, 0.2) is 0 Å². The summed E-state index contributed by atoms with van der Waals surface area (Å²) in [6.45, 7) is 9.78. The smallest absolute Gasteiger partial charge is 0.0261 e. The lowest BCUT2D eigenvalue weighted by Gasteiger charge is -2.25.